The van der Waals surface area contributed by atoms with Crippen molar-refractivity contribution < 1.29 is 22.1 Å². The Kier molecular flexibility index (Phi) is 9.95. The number of phenolic OH excluding ortho intramolecular Hbond substituents is 1. The Morgan fingerprint density at radius 1 is 0.967 bits per heavy atom. The first-order valence-corrected chi connectivity index (χ1v) is 14.9. The van der Waals surface area contributed by atoms with E-state index in [1.807, 2.05) is 24.4 Å². The van der Waals surface area contributed by atoms with Gasteiger partial charge in [0.05, 0.1) is 0 Å². The van der Waals surface area contributed by atoms with E-state index in [0.29, 0.717) is 17.2 Å². The number of nitrogens with zero attached hydrogens (tertiary/aromatic N) is 1. The second kappa shape index (κ2) is 11.7. The molecule has 0 bridgehead atoms. The van der Waals surface area contributed by atoms with Gasteiger partial charge in [-0.2, -0.15) is 0 Å². The van der Waals surface area contributed by atoms with Crippen LogP contribution >= 0.6 is 18.6 Å². The van der Waals surface area contributed by atoms with Crippen LogP contribution in [0.25, 0.3) is 11.1 Å². The van der Waals surface area contributed by atoms with E-state index in [4.69, 9.17) is 23.6 Å². The molecule has 0 unspecified atom stereocenters. The molecular formula is C25H33Cl2NOTi. The van der Waals surface area contributed by atoms with Crippen molar-refractivity contribution in [1.29, 1.82) is 0 Å². The first kappa shape index (κ1) is 25.5. The van der Waals surface area contributed by atoms with Gasteiger partial charge in [-0.1, -0.05) is 51.1 Å². The number of para-hydroxylation sites is 1. The van der Waals surface area contributed by atoms with E-state index in [0.717, 1.165) is 35.4 Å². The van der Waals surface area contributed by atoms with Crippen molar-refractivity contribution in [1.82, 2.24) is 0 Å². The van der Waals surface area contributed by atoms with Crippen LogP contribution in [0.2, 0.25) is 0 Å². The van der Waals surface area contributed by atoms with E-state index in [9.17, 15) is 5.11 Å². The van der Waals surface area contributed by atoms with Gasteiger partial charge in [0.1, 0.15) is 5.75 Å². The Bertz CT molecular complexity index is 832. The van der Waals surface area contributed by atoms with Crippen molar-refractivity contribution in [3.8, 4) is 16.9 Å². The van der Waals surface area contributed by atoms with Gasteiger partial charge in [-0.15, -0.1) is 0 Å². The number of aromatic hydroxyl groups is 1. The summed E-state index contributed by atoms with van der Waals surface area (Å²) in [5.74, 6) is 1.13. The Morgan fingerprint density at radius 3 is 2.03 bits per heavy atom. The number of hydrogen-bond donors (Lipinski definition) is 1. The number of hydrogen-bond acceptors (Lipinski definition) is 2. The van der Waals surface area contributed by atoms with Crippen LogP contribution in [0.5, 0.6) is 5.75 Å². The third-order valence-electron chi connectivity index (χ3n) is 6.16. The third kappa shape index (κ3) is 6.85. The zero-order valence-corrected chi connectivity index (χ0v) is 21.7. The fraction of sp³-hybridized carbons (Fsp3) is 0.480. The van der Waals surface area contributed by atoms with Crippen molar-refractivity contribution in [2.75, 3.05) is 0 Å². The molecule has 0 spiro atoms. The van der Waals surface area contributed by atoms with Crippen LogP contribution in [-0.4, -0.2) is 17.4 Å². The molecule has 1 aliphatic rings. The van der Waals surface area contributed by atoms with Gasteiger partial charge in [0.15, 0.2) is 0 Å². The van der Waals surface area contributed by atoms with Crippen LogP contribution in [0.15, 0.2) is 41.4 Å². The molecular weight excluding hydrogens is 449 g/mol. The molecule has 30 heavy (non-hydrogen) atoms. The molecule has 0 heterocycles. The molecule has 1 N–H and O–H groups in total. The van der Waals surface area contributed by atoms with Crippen LogP contribution < -0.4 is 0 Å². The molecule has 0 aromatic heterocycles. The second-order valence-electron chi connectivity index (χ2n) is 9.23. The molecule has 2 aromatic carbocycles. The average molecular weight is 482 g/mol. The van der Waals surface area contributed by atoms with Gasteiger partial charge in [-0.25, -0.2) is 0 Å². The third-order valence-corrected chi connectivity index (χ3v) is 6.16. The second-order valence-corrected chi connectivity index (χ2v) is 11.8. The normalized spacial score (nSPS) is 19.3. The maximum atomic E-state index is 10.9. The first-order valence-electron chi connectivity index (χ1n) is 10.6. The van der Waals surface area contributed by atoms with Gasteiger partial charge >= 0.3 is 35.6 Å². The van der Waals surface area contributed by atoms with Crippen LogP contribution in [0.4, 0.5) is 0 Å². The Balaban J connectivity index is 0.00000101. The van der Waals surface area contributed by atoms with Gasteiger partial charge in [-0.3, -0.25) is 4.99 Å². The molecule has 0 saturated heterocycles. The SMILES string of the molecule is Cc1cccc(C)c1-c1cccc(C=NC2CCC(C(C)(C)C)CC2)c1O.[Cl][Ti][Cl]. The predicted octanol–water partition coefficient (Wildman–Crippen LogP) is 8.08. The van der Waals surface area contributed by atoms with Crippen molar-refractivity contribution in [3.05, 3.63) is 53.1 Å². The molecule has 0 amide bonds. The molecule has 0 radical (unpaired) electrons. The van der Waals surface area contributed by atoms with Crippen LogP contribution in [0.1, 0.15) is 63.1 Å². The molecule has 0 aliphatic heterocycles. The Labute approximate surface area is 198 Å². The van der Waals surface area contributed by atoms with E-state index in [2.05, 4.69) is 52.8 Å². The molecule has 0 atom stereocenters. The molecule has 2 aromatic rings. The molecule has 162 valence electrons. The summed E-state index contributed by atoms with van der Waals surface area (Å²) in [6, 6.07) is 12.6. The van der Waals surface area contributed by atoms with Gasteiger partial charge < -0.3 is 5.11 Å². The number of rotatable bonds is 3. The summed E-state index contributed by atoms with van der Waals surface area (Å²) in [7, 11) is 9.78. The van der Waals surface area contributed by atoms with Crippen LogP contribution in [0, 0.1) is 25.2 Å². The van der Waals surface area contributed by atoms with E-state index in [-0.39, 0.29) is 0 Å². The zero-order valence-electron chi connectivity index (χ0n) is 18.7. The van der Waals surface area contributed by atoms with Gasteiger partial charge in [0, 0.05) is 23.4 Å². The monoisotopic (exact) mass is 481 g/mol. The predicted molar refractivity (Wildman–Crippen MR) is 128 cm³/mol. The summed E-state index contributed by atoms with van der Waals surface area (Å²) in [4.78, 5) is 4.83. The van der Waals surface area contributed by atoms with Gasteiger partial charge in [0.2, 0.25) is 0 Å². The minimum atomic E-state index is -0.556. The summed E-state index contributed by atoms with van der Waals surface area (Å²) in [5.41, 5.74) is 5.59. The quantitative estimate of drug-likeness (QED) is 0.348. The fourth-order valence-electron chi connectivity index (χ4n) is 4.38. The van der Waals surface area contributed by atoms with Crippen molar-refractivity contribution in [2.45, 2.75) is 66.3 Å². The standard InChI is InChI=1S/C25H33NO.2ClH.Ti/c1-17-8-6-9-18(2)23(17)22-11-7-10-19(24(22)27)16-26-21-14-12-20(13-15-21)25(3,4)5;;;/h6-11,16,20-21,27H,12-15H2,1-5H3;2*1H;/q;;;+2/p-2. The summed E-state index contributed by atoms with van der Waals surface area (Å²) < 4.78 is 0. The number of aryl methyl sites for hydroxylation is 2. The zero-order chi connectivity index (χ0) is 22.3. The summed E-state index contributed by atoms with van der Waals surface area (Å²) in [5, 5.41) is 10.9. The minimum absolute atomic E-state index is 0.335. The summed E-state index contributed by atoms with van der Waals surface area (Å²) in [6.45, 7) is 11.2. The van der Waals surface area contributed by atoms with E-state index < -0.39 is 17.0 Å². The number of aliphatic imine (C=N–C) groups is 1. The molecule has 2 nitrogen and oxygen atoms in total. The van der Waals surface area contributed by atoms with Crippen molar-refractivity contribution >= 4 is 24.8 Å². The maximum absolute atomic E-state index is 10.9. The Morgan fingerprint density at radius 2 is 1.50 bits per heavy atom. The first-order chi connectivity index (χ1) is 14.2. The summed E-state index contributed by atoms with van der Waals surface area (Å²) in [6.07, 6.45) is 6.68. The number of benzene rings is 2. The molecule has 3 rings (SSSR count). The van der Waals surface area contributed by atoms with E-state index in [1.165, 1.54) is 24.0 Å². The Hall–Kier alpha value is -0.796. The molecule has 5 heteroatoms. The van der Waals surface area contributed by atoms with Crippen molar-refractivity contribution in [3.63, 3.8) is 0 Å². The van der Waals surface area contributed by atoms with Gasteiger partial charge in [-0.05, 0) is 73.6 Å². The molecule has 1 aliphatic carbocycles. The topological polar surface area (TPSA) is 32.6 Å². The van der Waals surface area contributed by atoms with E-state index >= 15 is 0 Å². The number of phenols is 1. The van der Waals surface area contributed by atoms with E-state index in [1.54, 1.807) is 0 Å². The van der Waals surface area contributed by atoms with Crippen LogP contribution in [-0.2, 0) is 17.0 Å². The fourth-order valence-corrected chi connectivity index (χ4v) is 4.38. The summed E-state index contributed by atoms with van der Waals surface area (Å²) >= 11 is -0.556. The average Bonchev–Trinajstić information content (AvgIpc) is 2.68. The molecule has 1 saturated carbocycles. The van der Waals surface area contributed by atoms with Crippen molar-refractivity contribution in [2.24, 2.45) is 16.3 Å². The van der Waals surface area contributed by atoms with Crippen LogP contribution in [0.3, 0.4) is 0 Å². The molecule has 1 fully saturated rings. The van der Waals surface area contributed by atoms with Gasteiger partial charge in [0.25, 0.3) is 0 Å². The number of halogens is 2.